The van der Waals surface area contributed by atoms with Crippen LogP contribution in [0.2, 0.25) is 0 Å². The SMILES string of the molecule is CCOC(=O)C1=C(C)NC2=C(C(=O)C(C(=O)OCC)C(c3ccc(OC)cc3)C2)C1c1ccsc1. The third kappa shape index (κ3) is 4.62. The lowest BCUT2D eigenvalue weighted by Gasteiger charge is -2.39. The molecule has 1 aliphatic heterocycles. The van der Waals surface area contributed by atoms with E-state index in [2.05, 4.69) is 5.32 Å². The van der Waals surface area contributed by atoms with Crippen LogP contribution >= 0.6 is 11.3 Å². The van der Waals surface area contributed by atoms with Gasteiger partial charge in [-0.05, 0) is 67.3 Å². The average Bonchev–Trinajstić information content (AvgIpc) is 3.38. The monoisotopic (exact) mass is 495 g/mol. The molecule has 4 rings (SSSR count). The van der Waals surface area contributed by atoms with Crippen molar-refractivity contribution in [3.8, 4) is 5.75 Å². The Morgan fingerprint density at radius 1 is 1.06 bits per heavy atom. The van der Waals surface area contributed by atoms with Crippen molar-refractivity contribution in [1.82, 2.24) is 5.32 Å². The van der Waals surface area contributed by atoms with E-state index in [1.807, 2.05) is 48.0 Å². The number of esters is 2. The number of ketones is 1. The summed E-state index contributed by atoms with van der Waals surface area (Å²) in [4.78, 5) is 40.3. The van der Waals surface area contributed by atoms with Crippen molar-refractivity contribution in [2.75, 3.05) is 20.3 Å². The van der Waals surface area contributed by atoms with Gasteiger partial charge in [-0.15, -0.1) is 0 Å². The zero-order valence-electron chi connectivity index (χ0n) is 20.3. The lowest BCUT2D eigenvalue weighted by molar-refractivity contribution is -0.152. The van der Waals surface area contributed by atoms with Gasteiger partial charge in [-0.1, -0.05) is 12.1 Å². The molecule has 3 unspecified atom stereocenters. The van der Waals surface area contributed by atoms with Crippen LogP contribution in [-0.4, -0.2) is 38.0 Å². The highest BCUT2D eigenvalue weighted by atomic mass is 32.1. The van der Waals surface area contributed by atoms with Gasteiger partial charge < -0.3 is 19.5 Å². The number of ether oxygens (including phenoxy) is 3. The molecule has 35 heavy (non-hydrogen) atoms. The van der Waals surface area contributed by atoms with E-state index in [4.69, 9.17) is 14.2 Å². The molecule has 0 bridgehead atoms. The number of dihydropyridines is 1. The predicted octanol–water partition coefficient (Wildman–Crippen LogP) is 4.47. The number of rotatable bonds is 7. The first-order chi connectivity index (χ1) is 16.9. The van der Waals surface area contributed by atoms with E-state index in [0.717, 1.165) is 16.8 Å². The molecule has 2 heterocycles. The van der Waals surface area contributed by atoms with Gasteiger partial charge >= 0.3 is 11.9 Å². The van der Waals surface area contributed by atoms with Crippen LogP contribution in [0.3, 0.4) is 0 Å². The number of hydrogen-bond donors (Lipinski definition) is 1. The van der Waals surface area contributed by atoms with Gasteiger partial charge in [0.2, 0.25) is 0 Å². The van der Waals surface area contributed by atoms with E-state index in [0.29, 0.717) is 29.0 Å². The summed E-state index contributed by atoms with van der Waals surface area (Å²) in [6.45, 7) is 5.68. The Bertz CT molecular complexity index is 1180. The maximum atomic E-state index is 14.1. The average molecular weight is 496 g/mol. The summed E-state index contributed by atoms with van der Waals surface area (Å²) in [6, 6.07) is 9.29. The molecule has 1 aromatic carbocycles. The summed E-state index contributed by atoms with van der Waals surface area (Å²) in [5.74, 6) is -2.72. The lowest BCUT2D eigenvalue weighted by Crippen LogP contribution is -2.43. The number of Topliss-reactive ketones (excluding diaryl/α,β-unsaturated/α-hetero) is 1. The number of carbonyl (C=O) groups is 3. The highest BCUT2D eigenvalue weighted by molar-refractivity contribution is 7.08. The zero-order valence-corrected chi connectivity index (χ0v) is 21.1. The highest BCUT2D eigenvalue weighted by Gasteiger charge is 2.49. The van der Waals surface area contributed by atoms with Gasteiger partial charge in [0.1, 0.15) is 11.7 Å². The maximum Gasteiger partial charge on any atom is 0.336 e. The maximum absolute atomic E-state index is 14.1. The molecule has 0 spiro atoms. The number of carbonyl (C=O) groups excluding carboxylic acids is 3. The minimum atomic E-state index is -1.02. The number of hydrogen-bond acceptors (Lipinski definition) is 8. The Labute approximate surface area is 208 Å². The van der Waals surface area contributed by atoms with Crippen LogP contribution in [0.1, 0.15) is 50.2 Å². The van der Waals surface area contributed by atoms with Crippen molar-refractivity contribution < 1.29 is 28.6 Å². The Balaban J connectivity index is 1.85. The summed E-state index contributed by atoms with van der Waals surface area (Å²) >= 11 is 1.49. The van der Waals surface area contributed by atoms with Gasteiger partial charge in [-0.2, -0.15) is 11.3 Å². The van der Waals surface area contributed by atoms with Gasteiger partial charge in [0.25, 0.3) is 0 Å². The van der Waals surface area contributed by atoms with E-state index < -0.39 is 29.7 Å². The molecule has 3 atom stereocenters. The smallest absolute Gasteiger partial charge is 0.336 e. The molecule has 0 amide bonds. The number of allylic oxidation sites excluding steroid dienone is 3. The summed E-state index contributed by atoms with van der Waals surface area (Å²) in [6.07, 6.45) is 0.422. The summed E-state index contributed by atoms with van der Waals surface area (Å²) in [7, 11) is 1.59. The van der Waals surface area contributed by atoms with Crippen LogP contribution in [-0.2, 0) is 23.9 Å². The first kappa shape index (κ1) is 24.7. The van der Waals surface area contributed by atoms with Crippen molar-refractivity contribution in [3.05, 3.63) is 74.8 Å². The molecule has 1 aliphatic carbocycles. The second-order valence-electron chi connectivity index (χ2n) is 8.44. The van der Waals surface area contributed by atoms with Crippen molar-refractivity contribution in [1.29, 1.82) is 0 Å². The van der Waals surface area contributed by atoms with Crippen LogP contribution in [0, 0.1) is 5.92 Å². The largest absolute Gasteiger partial charge is 0.497 e. The molecular formula is C27H29NO6S. The van der Waals surface area contributed by atoms with E-state index in [9.17, 15) is 14.4 Å². The van der Waals surface area contributed by atoms with E-state index in [1.54, 1.807) is 21.0 Å². The molecule has 0 radical (unpaired) electrons. The normalized spacial score (nSPS) is 21.8. The molecule has 1 N–H and O–H groups in total. The molecule has 0 saturated heterocycles. The Morgan fingerprint density at radius 3 is 2.37 bits per heavy atom. The Morgan fingerprint density at radius 2 is 1.77 bits per heavy atom. The lowest BCUT2D eigenvalue weighted by atomic mass is 9.67. The molecule has 0 saturated carbocycles. The zero-order chi connectivity index (χ0) is 25.1. The minimum absolute atomic E-state index is 0.170. The predicted molar refractivity (Wildman–Crippen MR) is 132 cm³/mol. The summed E-state index contributed by atoms with van der Waals surface area (Å²) in [5, 5.41) is 7.14. The fourth-order valence-corrected chi connectivity index (χ4v) is 5.64. The van der Waals surface area contributed by atoms with Gasteiger partial charge in [0, 0.05) is 28.8 Å². The molecule has 184 valence electrons. The van der Waals surface area contributed by atoms with Gasteiger partial charge in [0.05, 0.1) is 25.9 Å². The molecule has 7 nitrogen and oxygen atoms in total. The standard InChI is InChI=1S/C27H29NO6S/c1-5-33-26(30)21-15(3)28-20-13-19(16-7-9-18(32-4)10-8-16)23(27(31)34-6-2)25(29)24(20)22(21)17-11-12-35-14-17/h7-12,14,19,22-23,28H,5-6,13H2,1-4H3. The Hall–Kier alpha value is -3.39. The van der Waals surface area contributed by atoms with Crippen LogP contribution < -0.4 is 10.1 Å². The minimum Gasteiger partial charge on any atom is -0.497 e. The fourth-order valence-electron chi connectivity index (χ4n) is 4.95. The van der Waals surface area contributed by atoms with Crippen LogP contribution in [0.15, 0.2) is 63.6 Å². The molecule has 1 aromatic heterocycles. The van der Waals surface area contributed by atoms with Gasteiger partial charge in [0.15, 0.2) is 5.78 Å². The highest BCUT2D eigenvalue weighted by Crippen LogP contribution is 2.48. The van der Waals surface area contributed by atoms with Gasteiger partial charge in [-0.3, -0.25) is 9.59 Å². The number of thiophene rings is 1. The van der Waals surface area contributed by atoms with E-state index in [-0.39, 0.29) is 19.0 Å². The van der Waals surface area contributed by atoms with Crippen LogP contribution in [0.25, 0.3) is 0 Å². The Kier molecular flexibility index (Phi) is 7.40. The fraction of sp³-hybridized carbons (Fsp3) is 0.370. The topological polar surface area (TPSA) is 90.9 Å². The number of benzene rings is 1. The molecule has 2 aliphatic rings. The summed E-state index contributed by atoms with van der Waals surface area (Å²) < 4.78 is 16.0. The third-order valence-electron chi connectivity index (χ3n) is 6.48. The molecule has 0 fully saturated rings. The number of nitrogens with one attached hydrogen (secondary N) is 1. The quantitative estimate of drug-likeness (QED) is 0.448. The third-order valence-corrected chi connectivity index (χ3v) is 7.18. The van der Waals surface area contributed by atoms with Crippen LogP contribution in [0.5, 0.6) is 5.75 Å². The van der Waals surface area contributed by atoms with E-state index >= 15 is 0 Å². The second-order valence-corrected chi connectivity index (χ2v) is 9.22. The molecular weight excluding hydrogens is 466 g/mol. The van der Waals surface area contributed by atoms with Crippen molar-refractivity contribution >= 4 is 29.1 Å². The molecule has 2 aromatic rings. The van der Waals surface area contributed by atoms with Crippen molar-refractivity contribution in [2.24, 2.45) is 5.92 Å². The number of methoxy groups -OCH3 is 1. The first-order valence-corrected chi connectivity index (χ1v) is 12.6. The second kappa shape index (κ2) is 10.5. The van der Waals surface area contributed by atoms with E-state index in [1.165, 1.54) is 11.3 Å². The van der Waals surface area contributed by atoms with Crippen LogP contribution in [0.4, 0.5) is 0 Å². The molecule has 8 heteroatoms. The van der Waals surface area contributed by atoms with Crippen molar-refractivity contribution in [3.63, 3.8) is 0 Å². The first-order valence-electron chi connectivity index (χ1n) is 11.7. The van der Waals surface area contributed by atoms with Gasteiger partial charge in [-0.25, -0.2) is 4.79 Å². The van der Waals surface area contributed by atoms with Crippen molar-refractivity contribution in [2.45, 2.75) is 39.0 Å². The summed E-state index contributed by atoms with van der Waals surface area (Å²) in [5.41, 5.74) is 3.86.